The van der Waals surface area contributed by atoms with Gasteiger partial charge in [-0.25, -0.2) is 0 Å². The lowest BCUT2D eigenvalue weighted by atomic mass is 9.98. The molecule has 2 aliphatic rings. The minimum Gasteiger partial charge on any atom is -0.374 e. The molecule has 2 heterocycles. The molecular weight excluding hydrogens is 430 g/mol. The molecule has 0 spiro atoms. The van der Waals surface area contributed by atoms with Crippen molar-refractivity contribution in [2.75, 3.05) is 48.8 Å². The van der Waals surface area contributed by atoms with Crippen molar-refractivity contribution < 1.29 is 14.4 Å². The number of piperidine rings is 1. The Morgan fingerprint density at radius 1 is 0.912 bits per heavy atom. The number of fused-ring (bicyclic) bond motifs is 1. The van der Waals surface area contributed by atoms with Crippen molar-refractivity contribution in [2.45, 2.75) is 38.6 Å². The number of nitrogens with one attached hydrogen (secondary N) is 3. The standard InChI is InChI=1S/C26H33N5O3/c1-18(32)28-21-7-6-8-22(16-21)29-26(34)25(33)27-17-24(31-12-4-3-5-13-31)19-9-10-23-20(15-19)11-14-30(23)2/h6-10,15-16,24H,3-5,11-14,17H2,1-2H3,(H,27,33)(H,28,32)(H,29,34)/t24-/m1/s1. The average molecular weight is 464 g/mol. The summed E-state index contributed by atoms with van der Waals surface area (Å²) in [5.74, 6) is -1.61. The van der Waals surface area contributed by atoms with E-state index >= 15 is 0 Å². The lowest BCUT2D eigenvalue weighted by Gasteiger charge is -2.35. The molecule has 8 heteroatoms. The monoisotopic (exact) mass is 463 g/mol. The molecule has 180 valence electrons. The van der Waals surface area contributed by atoms with Gasteiger partial charge in [0.15, 0.2) is 0 Å². The van der Waals surface area contributed by atoms with Crippen LogP contribution in [0.25, 0.3) is 0 Å². The van der Waals surface area contributed by atoms with Gasteiger partial charge in [0.1, 0.15) is 0 Å². The Balaban J connectivity index is 1.42. The third-order valence-corrected chi connectivity index (χ3v) is 6.55. The molecule has 0 bridgehead atoms. The van der Waals surface area contributed by atoms with Crippen LogP contribution < -0.4 is 20.9 Å². The van der Waals surface area contributed by atoms with Crippen LogP contribution in [0.2, 0.25) is 0 Å². The zero-order chi connectivity index (χ0) is 24.1. The predicted octanol–water partition coefficient (Wildman–Crippen LogP) is 2.92. The number of likely N-dealkylation sites (N-methyl/N-ethyl adjacent to an activating group) is 1. The van der Waals surface area contributed by atoms with Gasteiger partial charge < -0.3 is 20.9 Å². The maximum Gasteiger partial charge on any atom is 0.313 e. The quantitative estimate of drug-likeness (QED) is 0.573. The maximum absolute atomic E-state index is 12.6. The van der Waals surface area contributed by atoms with Crippen molar-refractivity contribution in [3.63, 3.8) is 0 Å². The summed E-state index contributed by atoms with van der Waals surface area (Å²) >= 11 is 0. The number of rotatable bonds is 6. The zero-order valence-corrected chi connectivity index (χ0v) is 19.9. The van der Waals surface area contributed by atoms with E-state index in [0.29, 0.717) is 17.9 Å². The molecule has 0 saturated carbocycles. The number of amides is 3. The predicted molar refractivity (Wildman–Crippen MR) is 134 cm³/mol. The van der Waals surface area contributed by atoms with Crippen molar-refractivity contribution in [3.8, 4) is 0 Å². The zero-order valence-electron chi connectivity index (χ0n) is 19.9. The highest BCUT2D eigenvalue weighted by atomic mass is 16.2. The van der Waals surface area contributed by atoms with E-state index in [4.69, 9.17) is 0 Å². The van der Waals surface area contributed by atoms with Crippen LogP contribution in [0, 0.1) is 0 Å². The molecule has 2 aliphatic heterocycles. The number of benzene rings is 2. The number of carbonyl (C=O) groups is 3. The molecule has 2 aromatic rings. The summed E-state index contributed by atoms with van der Waals surface area (Å²) < 4.78 is 0. The first-order valence-corrected chi connectivity index (χ1v) is 12.0. The summed E-state index contributed by atoms with van der Waals surface area (Å²) in [7, 11) is 2.11. The van der Waals surface area contributed by atoms with Crippen LogP contribution in [0.1, 0.15) is 43.4 Å². The first-order chi connectivity index (χ1) is 16.4. The highest BCUT2D eigenvalue weighted by Gasteiger charge is 2.26. The normalized spacial score (nSPS) is 16.5. The van der Waals surface area contributed by atoms with Gasteiger partial charge in [0.25, 0.3) is 0 Å². The fourth-order valence-electron chi connectivity index (χ4n) is 4.82. The van der Waals surface area contributed by atoms with Crippen LogP contribution in [0.4, 0.5) is 17.1 Å². The van der Waals surface area contributed by atoms with Gasteiger partial charge in [-0.3, -0.25) is 19.3 Å². The van der Waals surface area contributed by atoms with Crippen LogP contribution in [-0.2, 0) is 20.8 Å². The minimum absolute atomic E-state index is 0.0244. The summed E-state index contributed by atoms with van der Waals surface area (Å²) in [4.78, 5) is 41.1. The summed E-state index contributed by atoms with van der Waals surface area (Å²) in [6, 6.07) is 13.3. The third-order valence-electron chi connectivity index (χ3n) is 6.55. The molecule has 1 atom stereocenters. The second kappa shape index (κ2) is 10.7. The Labute approximate surface area is 200 Å². The first-order valence-electron chi connectivity index (χ1n) is 12.0. The summed E-state index contributed by atoms with van der Waals surface area (Å²) in [5.41, 5.74) is 4.79. The van der Waals surface area contributed by atoms with Crippen molar-refractivity contribution in [1.82, 2.24) is 10.2 Å². The van der Waals surface area contributed by atoms with E-state index < -0.39 is 11.8 Å². The highest BCUT2D eigenvalue weighted by molar-refractivity contribution is 6.39. The molecule has 1 fully saturated rings. The van der Waals surface area contributed by atoms with Gasteiger partial charge in [0.05, 0.1) is 6.04 Å². The van der Waals surface area contributed by atoms with E-state index in [1.54, 1.807) is 24.3 Å². The van der Waals surface area contributed by atoms with Crippen LogP contribution in [-0.4, -0.2) is 55.8 Å². The van der Waals surface area contributed by atoms with Crippen LogP contribution in [0.3, 0.4) is 0 Å². The number of nitrogens with zero attached hydrogens (tertiary/aromatic N) is 2. The van der Waals surface area contributed by atoms with Crippen molar-refractivity contribution in [2.24, 2.45) is 0 Å². The van der Waals surface area contributed by atoms with Gasteiger partial charge in [0.2, 0.25) is 5.91 Å². The van der Waals surface area contributed by atoms with Crippen molar-refractivity contribution in [1.29, 1.82) is 0 Å². The maximum atomic E-state index is 12.6. The Kier molecular flexibility index (Phi) is 7.47. The summed E-state index contributed by atoms with van der Waals surface area (Å²) in [6.07, 6.45) is 4.54. The van der Waals surface area contributed by atoms with E-state index in [0.717, 1.165) is 38.9 Å². The van der Waals surface area contributed by atoms with Gasteiger partial charge in [-0.1, -0.05) is 24.6 Å². The molecule has 0 radical (unpaired) electrons. The van der Waals surface area contributed by atoms with E-state index in [1.165, 1.54) is 30.2 Å². The summed E-state index contributed by atoms with van der Waals surface area (Å²) in [6.45, 7) is 4.77. The second-order valence-electron chi connectivity index (χ2n) is 9.10. The van der Waals surface area contributed by atoms with Gasteiger partial charge in [0, 0.05) is 44.1 Å². The fourth-order valence-corrected chi connectivity index (χ4v) is 4.82. The SMILES string of the molecule is CC(=O)Nc1cccc(NC(=O)C(=O)NC[C@H](c2ccc3c(c2)CCN3C)N2CCCCC2)c1. The fraction of sp³-hybridized carbons (Fsp3) is 0.423. The van der Waals surface area contributed by atoms with Crippen molar-refractivity contribution in [3.05, 3.63) is 53.6 Å². The van der Waals surface area contributed by atoms with E-state index in [9.17, 15) is 14.4 Å². The minimum atomic E-state index is -0.729. The first kappa shape index (κ1) is 23.8. The average Bonchev–Trinajstić information content (AvgIpc) is 3.19. The number of hydrogen-bond acceptors (Lipinski definition) is 5. The molecule has 0 unspecified atom stereocenters. The number of anilines is 3. The van der Waals surface area contributed by atoms with Gasteiger partial charge in [-0.05, 0) is 67.7 Å². The second-order valence-corrected chi connectivity index (χ2v) is 9.10. The Morgan fingerprint density at radius 2 is 1.65 bits per heavy atom. The largest absolute Gasteiger partial charge is 0.374 e. The molecule has 3 N–H and O–H groups in total. The van der Waals surface area contributed by atoms with Crippen LogP contribution in [0.15, 0.2) is 42.5 Å². The summed E-state index contributed by atoms with van der Waals surface area (Å²) in [5, 5.41) is 8.13. The van der Waals surface area contributed by atoms with Crippen molar-refractivity contribution >= 4 is 34.8 Å². The van der Waals surface area contributed by atoms with Gasteiger partial charge in [-0.15, -0.1) is 0 Å². The van der Waals surface area contributed by atoms with E-state index in [-0.39, 0.29) is 11.9 Å². The molecular formula is C26H33N5O3. The van der Waals surface area contributed by atoms with Gasteiger partial charge >= 0.3 is 11.8 Å². The Hall–Kier alpha value is -3.39. The van der Waals surface area contributed by atoms with Crippen LogP contribution >= 0.6 is 0 Å². The number of carbonyl (C=O) groups excluding carboxylic acids is 3. The van der Waals surface area contributed by atoms with Gasteiger partial charge in [-0.2, -0.15) is 0 Å². The highest BCUT2D eigenvalue weighted by Crippen LogP contribution is 2.32. The molecule has 0 aliphatic carbocycles. The van der Waals surface area contributed by atoms with E-state index in [1.807, 2.05) is 0 Å². The van der Waals surface area contributed by atoms with Crippen LogP contribution in [0.5, 0.6) is 0 Å². The molecule has 3 amide bonds. The molecule has 1 saturated heterocycles. The topological polar surface area (TPSA) is 93.8 Å². The molecule has 34 heavy (non-hydrogen) atoms. The molecule has 8 nitrogen and oxygen atoms in total. The third kappa shape index (κ3) is 5.75. The molecule has 2 aromatic carbocycles. The molecule has 0 aromatic heterocycles. The number of likely N-dealkylation sites (tertiary alicyclic amines) is 1. The number of hydrogen-bond donors (Lipinski definition) is 3. The Morgan fingerprint density at radius 3 is 2.38 bits per heavy atom. The van der Waals surface area contributed by atoms with E-state index in [2.05, 4.69) is 51.0 Å². The Bertz CT molecular complexity index is 1060. The smallest absolute Gasteiger partial charge is 0.313 e. The lowest BCUT2D eigenvalue weighted by Crippen LogP contribution is -2.43. The lowest BCUT2D eigenvalue weighted by molar-refractivity contribution is -0.136. The molecule has 4 rings (SSSR count).